The fourth-order valence-corrected chi connectivity index (χ4v) is 2.40. The van der Waals surface area contributed by atoms with Gasteiger partial charge >= 0.3 is 6.03 Å². The highest BCUT2D eigenvalue weighted by molar-refractivity contribution is 6.35. The summed E-state index contributed by atoms with van der Waals surface area (Å²) in [7, 11) is 0. The maximum absolute atomic E-state index is 12.3. The Balaban J connectivity index is 2.19. The Kier molecular flexibility index (Phi) is 4.69. The molecule has 1 heterocycles. The predicted molar refractivity (Wildman–Crippen MR) is 79.4 cm³/mol. The first-order valence-electron chi connectivity index (χ1n) is 6.28. The lowest BCUT2D eigenvalue weighted by molar-refractivity contribution is -0.138. The number of urea groups is 1. The van der Waals surface area contributed by atoms with Gasteiger partial charge in [0.2, 0.25) is 11.8 Å². The van der Waals surface area contributed by atoms with Crippen molar-refractivity contribution in [2.75, 3.05) is 11.9 Å². The lowest BCUT2D eigenvalue weighted by Crippen LogP contribution is -2.60. The van der Waals surface area contributed by atoms with Crippen molar-refractivity contribution >= 4 is 46.7 Å². The van der Waals surface area contributed by atoms with Crippen LogP contribution in [0.5, 0.6) is 0 Å². The number of anilines is 1. The SMILES string of the molecule is CCC1C(=O)NC(=O)CN1C(=O)Nc1cc(Cl)ccc1Cl. The van der Waals surface area contributed by atoms with Gasteiger partial charge in [0.25, 0.3) is 0 Å². The number of amides is 4. The zero-order chi connectivity index (χ0) is 15.6. The summed E-state index contributed by atoms with van der Waals surface area (Å²) in [5.41, 5.74) is 0.322. The van der Waals surface area contributed by atoms with Crippen LogP contribution in [0.25, 0.3) is 0 Å². The second-order valence-corrected chi connectivity index (χ2v) is 5.36. The molecule has 8 heteroatoms. The molecule has 0 aliphatic carbocycles. The summed E-state index contributed by atoms with van der Waals surface area (Å²) in [6.45, 7) is 1.57. The Morgan fingerprint density at radius 2 is 2.14 bits per heavy atom. The van der Waals surface area contributed by atoms with Crippen LogP contribution in [0.1, 0.15) is 13.3 Å². The Bertz CT molecular complexity index is 606. The van der Waals surface area contributed by atoms with Crippen molar-refractivity contribution in [3.05, 3.63) is 28.2 Å². The number of hydrogen-bond donors (Lipinski definition) is 2. The van der Waals surface area contributed by atoms with Crippen molar-refractivity contribution in [2.45, 2.75) is 19.4 Å². The Hall–Kier alpha value is -1.79. The van der Waals surface area contributed by atoms with Crippen LogP contribution in [-0.4, -0.2) is 35.3 Å². The average Bonchev–Trinajstić information content (AvgIpc) is 2.42. The van der Waals surface area contributed by atoms with E-state index in [1.54, 1.807) is 19.1 Å². The van der Waals surface area contributed by atoms with E-state index < -0.39 is 23.9 Å². The van der Waals surface area contributed by atoms with Gasteiger partial charge in [-0.25, -0.2) is 4.79 Å². The maximum Gasteiger partial charge on any atom is 0.323 e. The Morgan fingerprint density at radius 3 is 2.81 bits per heavy atom. The number of imide groups is 1. The molecule has 1 aliphatic rings. The highest BCUT2D eigenvalue weighted by Gasteiger charge is 2.35. The topological polar surface area (TPSA) is 78.5 Å². The molecular weight excluding hydrogens is 317 g/mol. The van der Waals surface area contributed by atoms with E-state index in [-0.39, 0.29) is 6.54 Å². The molecule has 1 aromatic carbocycles. The minimum Gasteiger partial charge on any atom is -0.306 e. The van der Waals surface area contributed by atoms with Gasteiger partial charge in [-0.05, 0) is 24.6 Å². The van der Waals surface area contributed by atoms with Crippen LogP contribution in [0.15, 0.2) is 18.2 Å². The molecule has 0 aromatic heterocycles. The van der Waals surface area contributed by atoms with Crippen molar-refractivity contribution in [3.63, 3.8) is 0 Å². The molecular formula is C13H13Cl2N3O3. The number of nitrogens with one attached hydrogen (secondary N) is 2. The third kappa shape index (κ3) is 3.46. The number of rotatable bonds is 2. The number of nitrogens with zero attached hydrogens (tertiary/aromatic N) is 1. The van der Waals surface area contributed by atoms with Gasteiger partial charge in [0.1, 0.15) is 12.6 Å². The molecule has 6 nitrogen and oxygen atoms in total. The summed E-state index contributed by atoms with van der Waals surface area (Å²) >= 11 is 11.8. The molecule has 1 aliphatic heterocycles. The van der Waals surface area contributed by atoms with Gasteiger partial charge in [0.15, 0.2) is 0 Å². The number of carbonyl (C=O) groups is 3. The molecule has 0 radical (unpaired) electrons. The van der Waals surface area contributed by atoms with Crippen molar-refractivity contribution in [1.29, 1.82) is 0 Å². The molecule has 1 fully saturated rings. The summed E-state index contributed by atoms with van der Waals surface area (Å²) < 4.78 is 0. The lowest BCUT2D eigenvalue weighted by atomic mass is 10.1. The van der Waals surface area contributed by atoms with E-state index >= 15 is 0 Å². The second kappa shape index (κ2) is 6.32. The van der Waals surface area contributed by atoms with Gasteiger partial charge in [0, 0.05) is 5.02 Å². The molecule has 1 aromatic rings. The predicted octanol–water partition coefficient (Wildman–Crippen LogP) is 2.26. The van der Waals surface area contributed by atoms with Crippen LogP contribution in [0.2, 0.25) is 10.0 Å². The second-order valence-electron chi connectivity index (χ2n) is 4.52. The zero-order valence-electron chi connectivity index (χ0n) is 11.2. The largest absolute Gasteiger partial charge is 0.323 e. The standard InChI is InChI=1S/C13H13Cl2N3O3/c1-2-10-12(20)17-11(19)6-18(10)13(21)16-9-5-7(14)3-4-8(9)15/h3-5,10H,2,6H2,1H3,(H,16,21)(H,17,19,20). The highest BCUT2D eigenvalue weighted by Crippen LogP contribution is 2.26. The van der Waals surface area contributed by atoms with E-state index in [0.29, 0.717) is 22.2 Å². The van der Waals surface area contributed by atoms with Gasteiger partial charge in [-0.1, -0.05) is 30.1 Å². The minimum atomic E-state index is -0.694. The van der Waals surface area contributed by atoms with Crippen molar-refractivity contribution in [2.24, 2.45) is 0 Å². The third-order valence-electron chi connectivity index (χ3n) is 3.07. The number of piperazine rings is 1. The highest BCUT2D eigenvalue weighted by atomic mass is 35.5. The van der Waals surface area contributed by atoms with Gasteiger partial charge < -0.3 is 10.2 Å². The molecule has 1 atom stereocenters. The first-order chi connectivity index (χ1) is 9.92. The molecule has 1 saturated heterocycles. The first-order valence-corrected chi connectivity index (χ1v) is 7.04. The molecule has 4 amide bonds. The normalized spacial score (nSPS) is 18.4. The van der Waals surface area contributed by atoms with E-state index in [9.17, 15) is 14.4 Å². The van der Waals surface area contributed by atoms with Crippen molar-refractivity contribution in [1.82, 2.24) is 10.2 Å². The number of hydrogen-bond acceptors (Lipinski definition) is 3. The lowest BCUT2D eigenvalue weighted by Gasteiger charge is -2.33. The summed E-state index contributed by atoms with van der Waals surface area (Å²) in [4.78, 5) is 36.6. The van der Waals surface area contributed by atoms with Gasteiger partial charge in [0.05, 0.1) is 10.7 Å². The molecule has 2 rings (SSSR count). The fourth-order valence-electron chi connectivity index (χ4n) is 2.07. The van der Waals surface area contributed by atoms with Gasteiger partial charge in [-0.15, -0.1) is 0 Å². The van der Waals surface area contributed by atoms with Gasteiger partial charge in [-0.3, -0.25) is 14.9 Å². The van der Waals surface area contributed by atoms with E-state index in [0.717, 1.165) is 0 Å². The van der Waals surface area contributed by atoms with E-state index in [2.05, 4.69) is 10.6 Å². The van der Waals surface area contributed by atoms with Crippen LogP contribution in [-0.2, 0) is 9.59 Å². The fraction of sp³-hybridized carbons (Fsp3) is 0.308. The summed E-state index contributed by atoms with van der Waals surface area (Å²) in [5, 5.41) is 5.49. The molecule has 0 bridgehead atoms. The quantitative estimate of drug-likeness (QED) is 0.817. The average molecular weight is 330 g/mol. The summed E-state index contributed by atoms with van der Waals surface area (Å²) in [6.07, 6.45) is 0.399. The zero-order valence-corrected chi connectivity index (χ0v) is 12.7. The van der Waals surface area contributed by atoms with Crippen LogP contribution >= 0.6 is 23.2 Å². The molecule has 0 spiro atoms. The van der Waals surface area contributed by atoms with E-state index in [1.807, 2.05) is 0 Å². The van der Waals surface area contributed by atoms with Crippen LogP contribution < -0.4 is 10.6 Å². The smallest absolute Gasteiger partial charge is 0.306 e. The van der Waals surface area contributed by atoms with E-state index in [1.165, 1.54) is 11.0 Å². The molecule has 2 N–H and O–H groups in total. The minimum absolute atomic E-state index is 0.186. The number of carbonyl (C=O) groups excluding carboxylic acids is 3. The maximum atomic E-state index is 12.3. The molecule has 1 unspecified atom stereocenters. The monoisotopic (exact) mass is 329 g/mol. The van der Waals surface area contributed by atoms with E-state index in [4.69, 9.17) is 23.2 Å². The molecule has 112 valence electrons. The third-order valence-corrected chi connectivity index (χ3v) is 3.64. The van der Waals surface area contributed by atoms with Crippen molar-refractivity contribution in [3.8, 4) is 0 Å². The Labute approximate surface area is 131 Å². The molecule has 0 saturated carbocycles. The molecule has 21 heavy (non-hydrogen) atoms. The van der Waals surface area contributed by atoms with Gasteiger partial charge in [-0.2, -0.15) is 0 Å². The first kappa shape index (κ1) is 15.6. The summed E-state index contributed by atoms with van der Waals surface area (Å²) in [6, 6.07) is 3.36. The van der Waals surface area contributed by atoms with Crippen LogP contribution in [0.4, 0.5) is 10.5 Å². The Morgan fingerprint density at radius 1 is 1.43 bits per heavy atom. The number of halogens is 2. The summed E-state index contributed by atoms with van der Waals surface area (Å²) in [5.74, 6) is -1.00. The van der Waals surface area contributed by atoms with Crippen molar-refractivity contribution < 1.29 is 14.4 Å². The van der Waals surface area contributed by atoms with Crippen LogP contribution in [0, 0.1) is 0 Å². The number of benzene rings is 1. The van der Waals surface area contributed by atoms with Crippen LogP contribution in [0.3, 0.4) is 0 Å².